The molecule has 0 atom stereocenters. The van der Waals surface area contributed by atoms with E-state index in [0.29, 0.717) is 6.61 Å². The van der Waals surface area contributed by atoms with Crippen LogP contribution in [0.3, 0.4) is 0 Å². The fourth-order valence-electron chi connectivity index (χ4n) is 1.16. The van der Waals surface area contributed by atoms with Gasteiger partial charge in [-0.15, -0.1) is 0 Å². The van der Waals surface area contributed by atoms with Gasteiger partial charge in [-0.3, -0.25) is 0 Å². The molecule has 0 spiro atoms. The highest BCUT2D eigenvalue weighted by Crippen LogP contribution is 2.17. The summed E-state index contributed by atoms with van der Waals surface area (Å²) in [4.78, 5) is 0. The standard InChI is InChI=1S/C8H17NO/c10-7-2-1-6-9-8-4-3-5-8/h8-10H,1-7H2. The van der Waals surface area contributed by atoms with E-state index in [2.05, 4.69) is 5.32 Å². The molecule has 1 saturated carbocycles. The van der Waals surface area contributed by atoms with Gasteiger partial charge in [-0.2, -0.15) is 0 Å². The predicted octanol–water partition coefficient (Wildman–Crippen LogP) is 0.901. The molecule has 0 unspecified atom stereocenters. The molecule has 0 amide bonds. The molecule has 0 bridgehead atoms. The Hall–Kier alpha value is -0.0800. The van der Waals surface area contributed by atoms with Crippen LogP contribution in [0.4, 0.5) is 0 Å². The van der Waals surface area contributed by atoms with Gasteiger partial charge in [0, 0.05) is 12.6 Å². The van der Waals surface area contributed by atoms with Crippen molar-refractivity contribution in [3.63, 3.8) is 0 Å². The highest BCUT2D eigenvalue weighted by atomic mass is 16.2. The number of unbranched alkanes of at least 4 members (excludes halogenated alkanes) is 1. The van der Waals surface area contributed by atoms with E-state index in [9.17, 15) is 0 Å². The van der Waals surface area contributed by atoms with Gasteiger partial charge < -0.3 is 10.4 Å². The van der Waals surface area contributed by atoms with Crippen LogP contribution in [0, 0.1) is 0 Å². The molecule has 0 aromatic rings. The highest BCUT2D eigenvalue weighted by Gasteiger charge is 2.15. The molecule has 2 heteroatoms. The van der Waals surface area contributed by atoms with Crippen LogP contribution in [0.25, 0.3) is 0 Å². The van der Waals surface area contributed by atoms with E-state index >= 15 is 0 Å². The van der Waals surface area contributed by atoms with E-state index in [1.165, 1.54) is 19.3 Å². The molecule has 0 heterocycles. The minimum Gasteiger partial charge on any atom is -0.396 e. The number of hydrogen-bond acceptors (Lipinski definition) is 2. The van der Waals surface area contributed by atoms with Crippen molar-refractivity contribution in [2.24, 2.45) is 0 Å². The second-order valence-corrected chi connectivity index (χ2v) is 3.01. The third-order valence-corrected chi connectivity index (χ3v) is 2.12. The quantitative estimate of drug-likeness (QED) is 0.560. The summed E-state index contributed by atoms with van der Waals surface area (Å²) in [6, 6.07) is 0.804. The lowest BCUT2D eigenvalue weighted by Crippen LogP contribution is -2.35. The van der Waals surface area contributed by atoms with Crippen LogP contribution < -0.4 is 5.32 Å². The van der Waals surface area contributed by atoms with Gasteiger partial charge in [0.15, 0.2) is 0 Å². The zero-order valence-electron chi connectivity index (χ0n) is 6.47. The molecule has 0 aliphatic heterocycles. The van der Waals surface area contributed by atoms with Gasteiger partial charge in [-0.25, -0.2) is 0 Å². The Morgan fingerprint density at radius 1 is 1.30 bits per heavy atom. The third kappa shape index (κ3) is 2.67. The van der Waals surface area contributed by atoms with Gasteiger partial charge >= 0.3 is 0 Å². The van der Waals surface area contributed by atoms with Crippen LogP contribution in [0.15, 0.2) is 0 Å². The Kier molecular flexibility index (Phi) is 3.76. The molecule has 1 aliphatic carbocycles. The van der Waals surface area contributed by atoms with Crippen molar-refractivity contribution in [2.45, 2.75) is 38.1 Å². The Morgan fingerprint density at radius 2 is 2.10 bits per heavy atom. The number of aliphatic hydroxyl groups is 1. The van der Waals surface area contributed by atoms with E-state index in [4.69, 9.17) is 5.11 Å². The second kappa shape index (κ2) is 4.69. The van der Waals surface area contributed by atoms with Gasteiger partial charge in [0.25, 0.3) is 0 Å². The molecule has 2 N–H and O–H groups in total. The molecule has 0 radical (unpaired) electrons. The lowest BCUT2D eigenvalue weighted by molar-refractivity contribution is 0.277. The number of aliphatic hydroxyl groups excluding tert-OH is 1. The zero-order valence-corrected chi connectivity index (χ0v) is 6.47. The Morgan fingerprint density at radius 3 is 2.60 bits per heavy atom. The van der Waals surface area contributed by atoms with E-state index in [-0.39, 0.29) is 0 Å². The first-order valence-corrected chi connectivity index (χ1v) is 4.27. The lowest BCUT2D eigenvalue weighted by atomic mass is 9.93. The first kappa shape index (κ1) is 8.02. The fourth-order valence-corrected chi connectivity index (χ4v) is 1.16. The molecule has 0 aromatic carbocycles. The van der Waals surface area contributed by atoms with Crippen LogP contribution >= 0.6 is 0 Å². The number of nitrogens with one attached hydrogen (secondary N) is 1. The second-order valence-electron chi connectivity index (χ2n) is 3.01. The largest absolute Gasteiger partial charge is 0.396 e. The lowest BCUT2D eigenvalue weighted by Gasteiger charge is -2.26. The monoisotopic (exact) mass is 143 g/mol. The Bertz CT molecular complexity index is 81.3. The molecular formula is C8H17NO. The van der Waals surface area contributed by atoms with Crippen LogP contribution in [0.1, 0.15) is 32.1 Å². The van der Waals surface area contributed by atoms with E-state index in [1.807, 2.05) is 0 Å². The Balaban J connectivity index is 1.76. The topological polar surface area (TPSA) is 32.3 Å². The summed E-state index contributed by atoms with van der Waals surface area (Å²) < 4.78 is 0. The SMILES string of the molecule is OCCCCNC1CCC1. The predicted molar refractivity (Wildman–Crippen MR) is 42.0 cm³/mol. The van der Waals surface area contributed by atoms with Gasteiger partial charge in [0.2, 0.25) is 0 Å². The molecule has 1 aliphatic rings. The van der Waals surface area contributed by atoms with Gasteiger partial charge in [0.1, 0.15) is 0 Å². The molecular weight excluding hydrogens is 126 g/mol. The average molecular weight is 143 g/mol. The summed E-state index contributed by atoms with van der Waals surface area (Å²) in [6.07, 6.45) is 6.18. The van der Waals surface area contributed by atoms with Crippen LogP contribution in [0.2, 0.25) is 0 Å². The maximum Gasteiger partial charge on any atom is 0.0431 e. The minimum atomic E-state index is 0.340. The van der Waals surface area contributed by atoms with Crippen molar-refractivity contribution in [3.8, 4) is 0 Å². The smallest absolute Gasteiger partial charge is 0.0431 e. The van der Waals surface area contributed by atoms with Crippen molar-refractivity contribution in [1.82, 2.24) is 5.32 Å². The van der Waals surface area contributed by atoms with Crippen molar-refractivity contribution < 1.29 is 5.11 Å². The van der Waals surface area contributed by atoms with Gasteiger partial charge in [-0.05, 0) is 32.2 Å². The first-order valence-electron chi connectivity index (χ1n) is 4.27. The summed E-state index contributed by atoms with van der Waals surface area (Å²) in [7, 11) is 0. The molecule has 2 nitrogen and oxygen atoms in total. The molecule has 1 rings (SSSR count). The average Bonchev–Trinajstić information content (AvgIpc) is 1.84. The molecule has 10 heavy (non-hydrogen) atoms. The van der Waals surface area contributed by atoms with Crippen molar-refractivity contribution in [3.05, 3.63) is 0 Å². The summed E-state index contributed by atoms with van der Waals surface area (Å²) in [5, 5.41) is 11.9. The number of rotatable bonds is 5. The van der Waals surface area contributed by atoms with Crippen LogP contribution in [-0.4, -0.2) is 24.3 Å². The zero-order chi connectivity index (χ0) is 7.23. The molecule has 60 valence electrons. The normalized spacial score (nSPS) is 18.9. The van der Waals surface area contributed by atoms with Crippen LogP contribution in [0.5, 0.6) is 0 Å². The summed E-state index contributed by atoms with van der Waals surface area (Å²) in [5.41, 5.74) is 0. The molecule has 0 aromatic heterocycles. The van der Waals surface area contributed by atoms with Gasteiger partial charge in [-0.1, -0.05) is 6.42 Å². The van der Waals surface area contributed by atoms with E-state index in [0.717, 1.165) is 25.4 Å². The fraction of sp³-hybridized carbons (Fsp3) is 1.00. The van der Waals surface area contributed by atoms with Gasteiger partial charge in [0.05, 0.1) is 0 Å². The van der Waals surface area contributed by atoms with Crippen molar-refractivity contribution in [2.75, 3.05) is 13.2 Å². The minimum absolute atomic E-state index is 0.340. The van der Waals surface area contributed by atoms with E-state index < -0.39 is 0 Å². The van der Waals surface area contributed by atoms with Crippen LogP contribution in [-0.2, 0) is 0 Å². The summed E-state index contributed by atoms with van der Waals surface area (Å²) >= 11 is 0. The molecule has 1 fully saturated rings. The highest BCUT2D eigenvalue weighted by molar-refractivity contribution is 4.75. The third-order valence-electron chi connectivity index (χ3n) is 2.12. The van der Waals surface area contributed by atoms with E-state index in [1.54, 1.807) is 0 Å². The van der Waals surface area contributed by atoms with Crippen molar-refractivity contribution >= 4 is 0 Å². The van der Waals surface area contributed by atoms with Crippen molar-refractivity contribution in [1.29, 1.82) is 0 Å². The molecule has 0 saturated heterocycles. The maximum atomic E-state index is 8.47. The number of hydrogen-bond donors (Lipinski definition) is 2. The Labute approximate surface area is 62.6 Å². The maximum absolute atomic E-state index is 8.47. The first-order chi connectivity index (χ1) is 4.93. The summed E-state index contributed by atoms with van der Waals surface area (Å²) in [5.74, 6) is 0. The summed E-state index contributed by atoms with van der Waals surface area (Å²) in [6.45, 7) is 1.43.